The highest BCUT2D eigenvalue weighted by Gasteiger charge is 2.72. The Morgan fingerprint density at radius 2 is 1.11 bits per heavy atom. The van der Waals surface area contributed by atoms with Gasteiger partial charge in [-0.15, -0.1) is 0 Å². The second kappa shape index (κ2) is 18.4. The highest BCUT2D eigenvalue weighted by Crippen LogP contribution is 2.73. The van der Waals surface area contributed by atoms with Gasteiger partial charge in [0.15, 0.2) is 0 Å². The van der Waals surface area contributed by atoms with E-state index in [0.29, 0.717) is 53.3 Å². The molecule has 8 aliphatic rings. The van der Waals surface area contributed by atoms with Gasteiger partial charge in [-0.05, 0) is 189 Å². The molecule has 0 saturated heterocycles. The van der Waals surface area contributed by atoms with E-state index in [-0.39, 0.29) is 59.7 Å². The lowest BCUT2D eigenvalue weighted by atomic mass is 9.60. The van der Waals surface area contributed by atoms with Crippen LogP contribution in [-0.4, -0.2) is 67.3 Å². The normalized spacial score (nSPS) is 43.3. The van der Waals surface area contributed by atoms with Crippen LogP contribution in [0.1, 0.15) is 172 Å². The van der Waals surface area contributed by atoms with Crippen molar-refractivity contribution in [1.82, 2.24) is 0 Å². The molecule has 64 heavy (non-hydrogen) atoms. The maximum absolute atomic E-state index is 11.2. The Hall–Kier alpha value is -1.54. The summed E-state index contributed by atoms with van der Waals surface area (Å²) in [7, 11) is 0. The van der Waals surface area contributed by atoms with Gasteiger partial charge in [-0.25, -0.2) is 0 Å². The van der Waals surface area contributed by atoms with E-state index in [1.807, 2.05) is 27.7 Å². The molecule has 0 aliphatic heterocycles. The Bertz CT molecular complexity index is 1790. The van der Waals surface area contributed by atoms with Crippen molar-refractivity contribution < 1.29 is 30.6 Å². The highest BCUT2D eigenvalue weighted by molar-refractivity contribution is 5.34. The highest BCUT2D eigenvalue weighted by atomic mass is 16.3. The van der Waals surface area contributed by atoms with Crippen LogP contribution in [0, 0.1) is 92.7 Å². The average molecular weight is 887 g/mol. The second-order valence-corrected chi connectivity index (χ2v) is 25.4. The van der Waals surface area contributed by atoms with Gasteiger partial charge in [-0.1, -0.05) is 101 Å². The lowest BCUT2D eigenvalue weighted by Crippen LogP contribution is -2.46. The molecule has 0 amide bonds. The Morgan fingerprint density at radius 3 is 1.50 bits per heavy atom. The molecule has 0 radical (unpaired) electrons. The van der Waals surface area contributed by atoms with Crippen molar-refractivity contribution in [3.63, 3.8) is 0 Å². The zero-order chi connectivity index (χ0) is 46.8. The molecule has 8 aliphatic carbocycles. The van der Waals surface area contributed by atoms with Crippen LogP contribution < -0.4 is 0 Å². The van der Waals surface area contributed by atoms with Gasteiger partial charge in [-0.3, -0.25) is 0 Å². The molecular weight excluding hydrogens is 793 g/mol. The molecule has 6 heteroatoms. The molecule has 0 heterocycles. The van der Waals surface area contributed by atoms with Crippen molar-refractivity contribution in [3.05, 3.63) is 59.8 Å². The molecule has 1 unspecified atom stereocenters. The zero-order valence-corrected chi connectivity index (χ0v) is 42.2. The third kappa shape index (κ3) is 8.84. The quantitative estimate of drug-likeness (QED) is 0.0911. The summed E-state index contributed by atoms with van der Waals surface area (Å²) in [6, 6.07) is 0. The van der Waals surface area contributed by atoms with E-state index in [1.54, 1.807) is 5.57 Å². The summed E-state index contributed by atoms with van der Waals surface area (Å²) in [6.45, 7) is 26.1. The van der Waals surface area contributed by atoms with Crippen LogP contribution in [-0.2, 0) is 0 Å². The van der Waals surface area contributed by atoms with Crippen molar-refractivity contribution in [3.8, 4) is 0 Å². The fourth-order valence-electron chi connectivity index (χ4n) is 16.3. The number of hydrogen-bond acceptors (Lipinski definition) is 6. The van der Waals surface area contributed by atoms with Gasteiger partial charge < -0.3 is 30.6 Å². The fourth-order valence-corrected chi connectivity index (χ4v) is 16.3. The summed E-state index contributed by atoms with van der Waals surface area (Å²) < 4.78 is 0. The summed E-state index contributed by atoms with van der Waals surface area (Å²) in [6.07, 6.45) is 32.7. The molecule has 8 saturated carbocycles. The molecular formula is C58H94O6. The maximum Gasteiger partial charge on any atom is 0.0942 e. The number of hydrogen-bond donors (Lipinski definition) is 6. The van der Waals surface area contributed by atoms with E-state index in [0.717, 1.165) is 25.2 Å². The average Bonchev–Trinajstić information content (AvgIpc) is 3.98. The molecule has 8 rings (SSSR count). The summed E-state index contributed by atoms with van der Waals surface area (Å²) in [5, 5.41) is 62.5. The van der Waals surface area contributed by atoms with Crippen LogP contribution >= 0.6 is 0 Å². The van der Waals surface area contributed by atoms with Crippen LogP contribution in [0.2, 0.25) is 0 Å². The molecule has 17 atom stereocenters. The Kier molecular flexibility index (Phi) is 14.5. The van der Waals surface area contributed by atoms with Crippen LogP contribution in [0.5, 0.6) is 0 Å². The third-order valence-electron chi connectivity index (χ3n) is 21.3. The first kappa shape index (κ1) is 50.3. The van der Waals surface area contributed by atoms with Gasteiger partial charge in [0.2, 0.25) is 0 Å². The van der Waals surface area contributed by atoms with Gasteiger partial charge in [0, 0.05) is 41.1 Å². The molecule has 0 spiro atoms. The zero-order valence-electron chi connectivity index (χ0n) is 42.2. The van der Waals surface area contributed by atoms with E-state index in [1.165, 1.54) is 88.2 Å². The number of aliphatic hydroxyl groups is 6. The van der Waals surface area contributed by atoms with Crippen LogP contribution in [0.15, 0.2) is 59.8 Å². The number of allylic oxidation sites excluding steroid dienone is 5. The topological polar surface area (TPSA) is 121 Å². The van der Waals surface area contributed by atoms with E-state index in [4.69, 9.17) is 0 Å². The molecule has 0 aromatic rings. The molecule has 6 N–H and O–H groups in total. The van der Waals surface area contributed by atoms with Crippen LogP contribution in [0.4, 0.5) is 0 Å². The molecule has 0 aromatic carbocycles. The fraction of sp³-hybridized carbons (Fsp3) is 0.828. The minimum atomic E-state index is -1.03. The van der Waals surface area contributed by atoms with E-state index in [9.17, 15) is 30.6 Å². The Morgan fingerprint density at radius 1 is 0.625 bits per heavy atom. The second-order valence-electron chi connectivity index (χ2n) is 25.4. The maximum atomic E-state index is 11.2. The SMILES string of the molecule is C=C1CC[C@@H]2C[C@]12[C@@H](/C=C1\CCC[C@]2(C)[C@@H]([C@H](C)/C=C/[C@H](C)C(C)(C)O)CC[C@@H]12)CO.C[C@H](/C=C/[C@H](C)C(C)(C)O)[C@H]1CC[C@H]2/C(=C/[C@@H](CO)[C@]34C[C@H]3CCC4(O)CO)CCC[C@]12C. The van der Waals surface area contributed by atoms with E-state index >= 15 is 0 Å². The summed E-state index contributed by atoms with van der Waals surface area (Å²) in [5.74, 6) is 5.29. The number of aliphatic hydroxyl groups excluding tert-OH is 3. The number of rotatable bonds is 15. The predicted octanol–water partition coefficient (Wildman–Crippen LogP) is 11.6. The lowest BCUT2D eigenvalue weighted by Gasteiger charge is -2.45. The first-order chi connectivity index (χ1) is 30.0. The van der Waals surface area contributed by atoms with Crippen molar-refractivity contribution in [2.45, 2.75) is 189 Å². The first-order valence-corrected chi connectivity index (χ1v) is 26.4. The molecule has 0 aromatic heterocycles. The lowest BCUT2D eigenvalue weighted by molar-refractivity contribution is -0.0855. The van der Waals surface area contributed by atoms with Crippen LogP contribution in [0.25, 0.3) is 0 Å². The standard InChI is InChI=1S/C29H48O4.C29H46O2/c1-19(8-9-20(2)26(3,4)32)24-10-11-25-21(7-6-13-27(24,25)5)15-23(17-30)29-16-22(29)12-14-28(29,33)18-31;1-19(9-10-20(2)27(4,5)31)25-13-14-26-22(8-7-15-28(25,26)6)16-24(18-30)29-17-23(29)12-11-21(29)3/h8-9,15,19-20,22-25,30-33H,6-7,10-14,16-18H2,1-5H3;9-10,16,19-20,23-26,30-31H,3,7-8,11-15,17-18H2,1-2,4-6H3/b9-8+,21-15+;10-9+,22-16+/t19-,20+,22-,23+,24-,25+,27-,28?,29+;19-,20+,23-,24+,25-,26+,28-,29+/m11/s1. The van der Waals surface area contributed by atoms with Crippen molar-refractivity contribution in [2.75, 3.05) is 19.8 Å². The smallest absolute Gasteiger partial charge is 0.0942 e. The molecule has 6 nitrogen and oxygen atoms in total. The van der Waals surface area contributed by atoms with Crippen molar-refractivity contribution in [1.29, 1.82) is 0 Å². The predicted molar refractivity (Wildman–Crippen MR) is 262 cm³/mol. The van der Waals surface area contributed by atoms with Crippen molar-refractivity contribution in [2.24, 2.45) is 92.7 Å². The minimum absolute atomic E-state index is 0.0523. The minimum Gasteiger partial charge on any atom is -0.396 e. The van der Waals surface area contributed by atoms with Gasteiger partial charge in [0.25, 0.3) is 0 Å². The molecule has 8 fully saturated rings. The monoisotopic (exact) mass is 887 g/mol. The third-order valence-corrected chi connectivity index (χ3v) is 21.3. The number of fused-ring (bicyclic) bond motifs is 4. The Balaban J connectivity index is 0.000000192. The largest absolute Gasteiger partial charge is 0.396 e. The molecule has 362 valence electrons. The van der Waals surface area contributed by atoms with Gasteiger partial charge in [0.1, 0.15) is 0 Å². The molecule has 0 bridgehead atoms. The van der Waals surface area contributed by atoms with E-state index < -0.39 is 16.8 Å². The summed E-state index contributed by atoms with van der Waals surface area (Å²) in [4.78, 5) is 0. The summed E-state index contributed by atoms with van der Waals surface area (Å²) in [5.41, 5.74) is 2.70. The van der Waals surface area contributed by atoms with Crippen molar-refractivity contribution >= 4 is 0 Å². The van der Waals surface area contributed by atoms with Crippen LogP contribution in [0.3, 0.4) is 0 Å². The van der Waals surface area contributed by atoms with Gasteiger partial charge >= 0.3 is 0 Å². The van der Waals surface area contributed by atoms with Gasteiger partial charge in [0.05, 0.1) is 30.0 Å². The van der Waals surface area contributed by atoms with E-state index in [2.05, 4.69) is 84.6 Å². The Labute approximate surface area is 390 Å². The summed E-state index contributed by atoms with van der Waals surface area (Å²) >= 11 is 0. The first-order valence-electron chi connectivity index (χ1n) is 26.4. The van der Waals surface area contributed by atoms with Gasteiger partial charge in [-0.2, -0.15) is 0 Å².